The zero-order chi connectivity index (χ0) is 10.1. The summed E-state index contributed by atoms with van der Waals surface area (Å²) in [7, 11) is 1.82. The molecule has 1 saturated carbocycles. The van der Waals surface area contributed by atoms with Gasteiger partial charge < -0.3 is 10.1 Å². The number of nitrogens with one attached hydrogen (secondary N) is 1. The smallest absolute Gasteiger partial charge is 0.0601 e. The highest BCUT2D eigenvalue weighted by atomic mass is 16.5. The van der Waals surface area contributed by atoms with Gasteiger partial charge in [0.15, 0.2) is 0 Å². The van der Waals surface area contributed by atoms with Crippen molar-refractivity contribution in [1.29, 1.82) is 0 Å². The van der Waals surface area contributed by atoms with Crippen molar-refractivity contribution in [3.8, 4) is 0 Å². The van der Waals surface area contributed by atoms with Crippen molar-refractivity contribution >= 4 is 0 Å². The molecule has 3 heteroatoms. The summed E-state index contributed by atoms with van der Waals surface area (Å²) >= 11 is 0. The molecule has 2 aliphatic rings. The van der Waals surface area contributed by atoms with Gasteiger partial charge in [0.25, 0.3) is 0 Å². The quantitative estimate of drug-likeness (QED) is 0.712. The molecule has 0 aromatic heterocycles. The van der Waals surface area contributed by atoms with Gasteiger partial charge in [-0.3, -0.25) is 4.90 Å². The molecule has 0 unspecified atom stereocenters. The molecule has 2 atom stereocenters. The lowest BCUT2D eigenvalue weighted by Crippen LogP contribution is -2.60. The van der Waals surface area contributed by atoms with Gasteiger partial charge in [-0.15, -0.1) is 0 Å². The molecule has 1 N–H and O–H groups in total. The molecule has 14 heavy (non-hydrogen) atoms. The van der Waals surface area contributed by atoms with E-state index < -0.39 is 0 Å². The maximum atomic E-state index is 5.32. The molecule has 1 aliphatic heterocycles. The molecule has 1 saturated heterocycles. The molecule has 82 valence electrons. The molecule has 2 fully saturated rings. The second-order valence-electron chi connectivity index (χ2n) is 4.91. The van der Waals surface area contributed by atoms with E-state index in [9.17, 15) is 0 Å². The number of hydrogen-bond donors (Lipinski definition) is 1. The van der Waals surface area contributed by atoms with Gasteiger partial charge in [0, 0.05) is 38.3 Å². The highest BCUT2D eigenvalue weighted by Crippen LogP contribution is 2.28. The van der Waals surface area contributed by atoms with Gasteiger partial charge in [0.1, 0.15) is 0 Å². The van der Waals surface area contributed by atoms with E-state index in [0.29, 0.717) is 18.2 Å². The highest BCUT2D eigenvalue weighted by Gasteiger charge is 2.36. The Labute approximate surface area is 86.8 Å². The fourth-order valence-corrected chi connectivity index (χ4v) is 2.70. The van der Waals surface area contributed by atoms with E-state index in [-0.39, 0.29) is 0 Å². The van der Waals surface area contributed by atoms with Crippen molar-refractivity contribution in [2.45, 2.75) is 50.9 Å². The topological polar surface area (TPSA) is 24.5 Å². The van der Waals surface area contributed by atoms with Crippen LogP contribution in [0.2, 0.25) is 0 Å². The minimum absolute atomic E-state index is 0.528. The third-order valence-electron chi connectivity index (χ3n) is 3.51. The van der Waals surface area contributed by atoms with Crippen LogP contribution in [0.25, 0.3) is 0 Å². The molecule has 3 nitrogen and oxygen atoms in total. The number of methoxy groups -OCH3 is 1. The Bertz CT molecular complexity index is 182. The zero-order valence-corrected chi connectivity index (χ0v) is 9.49. The average molecular weight is 198 g/mol. The van der Waals surface area contributed by atoms with Crippen LogP contribution in [0, 0.1) is 0 Å². The van der Waals surface area contributed by atoms with Crippen LogP contribution in [-0.4, -0.2) is 49.3 Å². The largest absolute Gasteiger partial charge is 0.381 e. The Morgan fingerprint density at radius 3 is 2.21 bits per heavy atom. The van der Waals surface area contributed by atoms with Crippen molar-refractivity contribution in [2.75, 3.05) is 20.2 Å². The molecule has 0 aromatic rings. The van der Waals surface area contributed by atoms with Gasteiger partial charge in [-0.25, -0.2) is 0 Å². The van der Waals surface area contributed by atoms with Crippen molar-refractivity contribution < 1.29 is 4.74 Å². The third-order valence-corrected chi connectivity index (χ3v) is 3.51. The zero-order valence-electron chi connectivity index (χ0n) is 9.49. The van der Waals surface area contributed by atoms with Gasteiger partial charge in [-0.05, 0) is 26.7 Å². The Hall–Kier alpha value is -0.120. The second-order valence-corrected chi connectivity index (χ2v) is 4.91. The lowest BCUT2D eigenvalue weighted by molar-refractivity contribution is -0.0383. The summed E-state index contributed by atoms with van der Waals surface area (Å²) in [6.45, 7) is 6.95. The Kier molecular flexibility index (Phi) is 3.10. The SMILES string of the molecule is CO[C@H]1C[C@H](N2C[C@@H](C)N[C@@H](C)C2)C1. The van der Waals surface area contributed by atoms with E-state index in [1.165, 1.54) is 25.9 Å². The molecule has 1 aliphatic carbocycles. The van der Waals surface area contributed by atoms with Crippen LogP contribution < -0.4 is 5.32 Å². The van der Waals surface area contributed by atoms with E-state index in [1.54, 1.807) is 0 Å². The first kappa shape index (κ1) is 10.4. The fraction of sp³-hybridized carbons (Fsp3) is 1.00. The van der Waals surface area contributed by atoms with Crippen LogP contribution in [0.5, 0.6) is 0 Å². The molecule has 2 rings (SSSR count). The summed E-state index contributed by atoms with van der Waals surface area (Å²) in [6, 6.07) is 2.06. The van der Waals surface area contributed by atoms with Gasteiger partial charge in [-0.1, -0.05) is 0 Å². The summed E-state index contributed by atoms with van der Waals surface area (Å²) in [4.78, 5) is 2.63. The lowest BCUT2D eigenvalue weighted by atomic mass is 9.86. The van der Waals surface area contributed by atoms with E-state index in [0.717, 1.165) is 6.04 Å². The first-order valence-corrected chi connectivity index (χ1v) is 5.72. The Morgan fingerprint density at radius 1 is 1.14 bits per heavy atom. The number of nitrogens with zero attached hydrogens (tertiary/aromatic N) is 1. The number of ether oxygens (including phenoxy) is 1. The molecular formula is C11H22N2O. The third kappa shape index (κ3) is 2.10. The summed E-state index contributed by atoms with van der Waals surface area (Å²) in [5.74, 6) is 0. The molecule has 0 amide bonds. The monoisotopic (exact) mass is 198 g/mol. The predicted molar refractivity (Wildman–Crippen MR) is 57.5 cm³/mol. The minimum Gasteiger partial charge on any atom is -0.381 e. The van der Waals surface area contributed by atoms with Crippen LogP contribution >= 0.6 is 0 Å². The van der Waals surface area contributed by atoms with Crippen LogP contribution in [0.3, 0.4) is 0 Å². The van der Waals surface area contributed by atoms with Crippen LogP contribution in [0.15, 0.2) is 0 Å². The highest BCUT2D eigenvalue weighted by molar-refractivity contribution is 4.92. The summed E-state index contributed by atoms with van der Waals surface area (Å²) in [5, 5.41) is 3.56. The molecule has 0 aromatic carbocycles. The summed E-state index contributed by atoms with van der Waals surface area (Å²) < 4.78 is 5.32. The van der Waals surface area contributed by atoms with Gasteiger partial charge in [0.05, 0.1) is 6.10 Å². The van der Waals surface area contributed by atoms with E-state index in [1.807, 2.05) is 7.11 Å². The second kappa shape index (κ2) is 4.17. The molecule has 0 radical (unpaired) electrons. The number of hydrogen-bond acceptors (Lipinski definition) is 3. The first-order valence-electron chi connectivity index (χ1n) is 5.72. The standard InChI is InChI=1S/C11H22N2O/c1-8-6-13(7-9(2)12-8)10-4-11(5-10)14-3/h8-12H,4-7H2,1-3H3/t8-,9+,10-,11-. The van der Waals surface area contributed by atoms with E-state index >= 15 is 0 Å². The van der Waals surface area contributed by atoms with E-state index in [2.05, 4.69) is 24.1 Å². The van der Waals surface area contributed by atoms with Crippen molar-refractivity contribution in [2.24, 2.45) is 0 Å². The minimum atomic E-state index is 0.528. The maximum Gasteiger partial charge on any atom is 0.0601 e. The molecule has 0 spiro atoms. The van der Waals surface area contributed by atoms with Crippen LogP contribution in [0.1, 0.15) is 26.7 Å². The molecule has 1 heterocycles. The maximum absolute atomic E-state index is 5.32. The van der Waals surface area contributed by atoms with Gasteiger partial charge in [0.2, 0.25) is 0 Å². The van der Waals surface area contributed by atoms with Gasteiger partial charge >= 0.3 is 0 Å². The Balaban J connectivity index is 1.81. The summed E-state index contributed by atoms with van der Waals surface area (Å²) in [6.07, 6.45) is 2.99. The van der Waals surface area contributed by atoms with E-state index in [4.69, 9.17) is 4.74 Å². The van der Waals surface area contributed by atoms with Crippen molar-refractivity contribution in [3.63, 3.8) is 0 Å². The number of piperazine rings is 1. The predicted octanol–water partition coefficient (Wildman–Crippen LogP) is 0.846. The Morgan fingerprint density at radius 2 is 1.71 bits per heavy atom. The van der Waals surface area contributed by atoms with Crippen LogP contribution in [-0.2, 0) is 4.74 Å². The van der Waals surface area contributed by atoms with Crippen LogP contribution in [0.4, 0.5) is 0 Å². The number of rotatable bonds is 2. The summed E-state index contributed by atoms with van der Waals surface area (Å²) in [5.41, 5.74) is 0. The lowest BCUT2D eigenvalue weighted by Gasteiger charge is -2.47. The van der Waals surface area contributed by atoms with Crippen molar-refractivity contribution in [1.82, 2.24) is 10.2 Å². The fourth-order valence-electron chi connectivity index (χ4n) is 2.70. The molecular weight excluding hydrogens is 176 g/mol. The molecule has 0 bridgehead atoms. The van der Waals surface area contributed by atoms with Crippen molar-refractivity contribution in [3.05, 3.63) is 0 Å². The normalized spacial score (nSPS) is 44.8. The van der Waals surface area contributed by atoms with Gasteiger partial charge in [-0.2, -0.15) is 0 Å². The first-order chi connectivity index (χ1) is 6.69. The average Bonchev–Trinajstić information content (AvgIpc) is 2.00.